The van der Waals surface area contributed by atoms with Crippen LogP contribution in [0.1, 0.15) is 25.3 Å². The van der Waals surface area contributed by atoms with Crippen molar-refractivity contribution in [2.75, 3.05) is 5.32 Å². The van der Waals surface area contributed by atoms with Crippen LogP contribution in [0.25, 0.3) is 0 Å². The quantitative estimate of drug-likeness (QED) is 0.846. The number of rotatable bonds is 5. The highest BCUT2D eigenvalue weighted by atomic mass is 16.1. The van der Waals surface area contributed by atoms with Crippen molar-refractivity contribution in [3.63, 3.8) is 0 Å². The summed E-state index contributed by atoms with van der Waals surface area (Å²) in [5.74, 6) is 0.444. The second-order valence-corrected chi connectivity index (χ2v) is 4.10. The van der Waals surface area contributed by atoms with Gasteiger partial charge in [0.05, 0.1) is 6.20 Å². The van der Waals surface area contributed by atoms with E-state index in [1.807, 2.05) is 12.1 Å². The molecule has 18 heavy (non-hydrogen) atoms. The first-order chi connectivity index (χ1) is 8.78. The predicted octanol–water partition coefficient (Wildman–Crippen LogP) is 2.25. The minimum absolute atomic E-state index is 0.444. The third-order valence-electron chi connectivity index (χ3n) is 2.61. The summed E-state index contributed by atoms with van der Waals surface area (Å²) in [6.07, 6.45) is 4.97. The Kier molecular flexibility index (Phi) is 4.06. The van der Waals surface area contributed by atoms with Crippen LogP contribution >= 0.6 is 0 Å². The molecule has 0 amide bonds. The SMILES string of the molecule is CCCCc1ccc(Nc2cn[nH]c(=O)n2)cc1. The number of aromatic nitrogens is 3. The lowest BCUT2D eigenvalue weighted by Crippen LogP contribution is -2.13. The largest absolute Gasteiger partial charge is 0.363 e. The van der Waals surface area contributed by atoms with Crippen molar-refractivity contribution in [3.8, 4) is 0 Å². The fourth-order valence-corrected chi connectivity index (χ4v) is 1.66. The van der Waals surface area contributed by atoms with Crippen LogP contribution in [0, 0.1) is 0 Å². The average molecular weight is 244 g/mol. The third-order valence-corrected chi connectivity index (χ3v) is 2.61. The molecule has 0 aliphatic heterocycles. The Labute approximate surface area is 105 Å². The van der Waals surface area contributed by atoms with E-state index >= 15 is 0 Å². The minimum Gasteiger partial charge on any atom is -0.339 e. The van der Waals surface area contributed by atoms with Crippen LogP contribution in [-0.4, -0.2) is 15.2 Å². The van der Waals surface area contributed by atoms with Crippen molar-refractivity contribution in [2.45, 2.75) is 26.2 Å². The van der Waals surface area contributed by atoms with Gasteiger partial charge in [-0.05, 0) is 30.5 Å². The maximum Gasteiger partial charge on any atom is 0.363 e. The van der Waals surface area contributed by atoms with Crippen LogP contribution in [-0.2, 0) is 6.42 Å². The highest BCUT2D eigenvalue weighted by Gasteiger charge is 1.98. The summed E-state index contributed by atoms with van der Waals surface area (Å²) in [5.41, 5.74) is 1.76. The number of nitrogens with zero attached hydrogens (tertiary/aromatic N) is 2. The Balaban J connectivity index is 2.04. The molecule has 0 aliphatic carbocycles. The van der Waals surface area contributed by atoms with Gasteiger partial charge in [0.15, 0.2) is 5.82 Å². The number of aromatic amines is 1. The minimum atomic E-state index is -0.459. The van der Waals surface area contributed by atoms with Gasteiger partial charge in [-0.1, -0.05) is 25.5 Å². The average Bonchev–Trinajstić information content (AvgIpc) is 2.38. The molecule has 0 saturated carbocycles. The Bertz CT molecular complexity index is 547. The molecule has 5 nitrogen and oxygen atoms in total. The maximum absolute atomic E-state index is 11.0. The normalized spacial score (nSPS) is 10.3. The summed E-state index contributed by atoms with van der Waals surface area (Å²) in [4.78, 5) is 14.7. The Hall–Kier alpha value is -2.17. The number of benzene rings is 1. The fourth-order valence-electron chi connectivity index (χ4n) is 1.66. The van der Waals surface area contributed by atoms with Crippen molar-refractivity contribution >= 4 is 11.5 Å². The van der Waals surface area contributed by atoms with Crippen molar-refractivity contribution in [1.82, 2.24) is 15.2 Å². The van der Waals surface area contributed by atoms with E-state index in [4.69, 9.17) is 0 Å². The molecule has 0 aliphatic rings. The maximum atomic E-state index is 11.0. The van der Waals surface area contributed by atoms with Gasteiger partial charge in [0.2, 0.25) is 0 Å². The number of anilines is 2. The van der Waals surface area contributed by atoms with Gasteiger partial charge >= 0.3 is 5.69 Å². The molecule has 1 aromatic carbocycles. The van der Waals surface area contributed by atoms with E-state index in [2.05, 4.69) is 39.6 Å². The van der Waals surface area contributed by atoms with E-state index < -0.39 is 5.69 Å². The molecule has 5 heteroatoms. The highest BCUT2D eigenvalue weighted by molar-refractivity contribution is 5.55. The molecular weight excluding hydrogens is 228 g/mol. The van der Waals surface area contributed by atoms with E-state index in [9.17, 15) is 4.79 Å². The smallest absolute Gasteiger partial charge is 0.339 e. The van der Waals surface area contributed by atoms with Crippen molar-refractivity contribution in [3.05, 3.63) is 46.5 Å². The molecule has 2 rings (SSSR count). The van der Waals surface area contributed by atoms with Gasteiger partial charge in [-0.15, -0.1) is 0 Å². The van der Waals surface area contributed by atoms with E-state index in [0.29, 0.717) is 5.82 Å². The Morgan fingerprint density at radius 1 is 1.28 bits per heavy atom. The number of nitrogens with one attached hydrogen (secondary N) is 2. The number of aryl methyl sites for hydroxylation is 1. The number of unbranched alkanes of at least 4 members (excludes halogenated alkanes) is 1. The van der Waals surface area contributed by atoms with Gasteiger partial charge in [-0.2, -0.15) is 10.1 Å². The molecule has 0 saturated heterocycles. The molecule has 0 radical (unpaired) electrons. The van der Waals surface area contributed by atoms with Crippen molar-refractivity contribution in [1.29, 1.82) is 0 Å². The molecule has 0 bridgehead atoms. The van der Waals surface area contributed by atoms with E-state index in [1.165, 1.54) is 24.6 Å². The lowest BCUT2D eigenvalue weighted by atomic mass is 10.1. The fraction of sp³-hybridized carbons (Fsp3) is 0.308. The number of H-pyrrole nitrogens is 1. The van der Waals surface area contributed by atoms with Crippen molar-refractivity contribution in [2.24, 2.45) is 0 Å². The van der Waals surface area contributed by atoms with Crippen LogP contribution < -0.4 is 11.0 Å². The summed E-state index contributed by atoms with van der Waals surface area (Å²) in [5, 5.41) is 8.94. The van der Waals surface area contributed by atoms with Gasteiger partial charge in [-0.25, -0.2) is 9.89 Å². The molecule has 1 aromatic heterocycles. The van der Waals surface area contributed by atoms with Crippen LogP contribution in [0.3, 0.4) is 0 Å². The molecule has 0 fully saturated rings. The molecule has 1 heterocycles. The summed E-state index contributed by atoms with van der Waals surface area (Å²) < 4.78 is 0. The third kappa shape index (κ3) is 3.41. The zero-order valence-corrected chi connectivity index (χ0v) is 10.3. The topological polar surface area (TPSA) is 70.7 Å². The number of hydrogen-bond donors (Lipinski definition) is 2. The zero-order valence-electron chi connectivity index (χ0n) is 10.3. The summed E-state index contributed by atoms with van der Waals surface area (Å²) in [7, 11) is 0. The van der Waals surface area contributed by atoms with Crippen LogP contribution in [0.2, 0.25) is 0 Å². The van der Waals surface area contributed by atoms with E-state index in [-0.39, 0.29) is 0 Å². The van der Waals surface area contributed by atoms with E-state index in [1.54, 1.807) is 0 Å². The molecule has 94 valence electrons. The van der Waals surface area contributed by atoms with Crippen molar-refractivity contribution < 1.29 is 0 Å². The second-order valence-electron chi connectivity index (χ2n) is 4.10. The van der Waals surface area contributed by atoms with Crippen LogP contribution in [0.5, 0.6) is 0 Å². The van der Waals surface area contributed by atoms with Gasteiger partial charge in [0.25, 0.3) is 0 Å². The first-order valence-corrected chi connectivity index (χ1v) is 6.05. The first kappa shape index (κ1) is 12.3. The van der Waals surface area contributed by atoms with Gasteiger partial charge in [-0.3, -0.25) is 0 Å². The zero-order chi connectivity index (χ0) is 12.8. The predicted molar refractivity (Wildman–Crippen MR) is 71.0 cm³/mol. The van der Waals surface area contributed by atoms with E-state index in [0.717, 1.165) is 12.1 Å². The summed E-state index contributed by atoms with van der Waals surface area (Å²) >= 11 is 0. The van der Waals surface area contributed by atoms with Crippen LogP contribution in [0.15, 0.2) is 35.3 Å². The summed E-state index contributed by atoms with van der Waals surface area (Å²) in [6, 6.07) is 8.12. The Morgan fingerprint density at radius 2 is 2.06 bits per heavy atom. The lowest BCUT2D eigenvalue weighted by molar-refractivity contribution is 0.795. The number of hydrogen-bond acceptors (Lipinski definition) is 4. The van der Waals surface area contributed by atoms with Gasteiger partial charge in [0.1, 0.15) is 0 Å². The molecule has 0 spiro atoms. The molecule has 2 N–H and O–H groups in total. The lowest BCUT2D eigenvalue weighted by Gasteiger charge is -2.05. The standard InChI is InChI=1S/C13H16N4O/c1-2-3-4-10-5-7-11(8-6-10)15-12-9-14-17-13(18)16-12/h5-9H,2-4H2,1H3,(H2,15,16,17,18). The summed E-state index contributed by atoms with van der Waals surface area (Å²) in [6.45, 7) is 2.18. The second kappa shape index (κ2) is 5.95. The molecule has 0 atom stereocenters. The Morgan fingerprint density at radius 3 is 2.72 bits per heavy atom. The monoisotopic (exact) mass is 244 g/mol. The molecule has 0 unspecified atom stereocenters. The molecular formula is C13H16N4O. The van der Waals surface area contributed by atoms with Gasteiger partial charge in [0, 0.05) is 5.69 Å². The highest BCUT2D eigenvalue weighted by Crippen LogP contribution is 2.14. The molecule has 2 aromatic rings. The first-order valence-electron chi connectivity index (χ1n) is 6.05. The van der Waals surface area contributed by atoms with Gasteiger partial charge < -0.3 is 5.32 Å². The van der Waals surface area contributed by atoms with Crippen LogP contribution in [0.4, 0.5) is 11.5 Å².